The molecular weight excluding hydrogens is 532 g/mol. The largest absolute Gasteiger partial charge is 0.462 e. The summed E-state index contributed by atoms with van der Waals surface area (Å²) in [6.07, 6.45) is 46.5. The van der Waals surface area contributed by atoms with E-state index in [0.29, 0.717) is 12.8 Å². The number of unbranched alkanes of at least 4 members (excludes halogenated alkanes) is 10. The number of rotatable bonds is 29. The van der Waals surface area contributed by atoms with Crippen LogP contribution in [0.15, 0.2) is 72.9 Å². The maximum atomic E-state index is 12.1. The molecule has 0 saturated carbocycles. The molecule has 4 heteroatoms. The highest BCUT2D eigenvalue weighted by Gasteiger charge is 2.12. The highest BCUT2D eigenvalue weighted by atomic mass is 16.6. The van der Waals surface area contributed by atoms with E-state index in [0.717, 1.165) is 64.2 Å². The summed E-state index contributed by atoms with van der Waals surface area (Å²) in [6.45, 7) is 6.36. The topological polar surface area (TPSA) is 52.6 Å². The predicted molar refractivity (Wildman–Crippen MR) is 185 cm³/mol. The number of ether oxygens (including phenoxy) is 2. The van der Waals surface area contributed by atoms with Crippen molar-refractivity contribution in [1.29, 1.82) is 0 Å². The van der Waals surface area contributed by atoms with Gasteiger partial charge in [0, 0.05) is 12.8 Å². The monoisotopic (exact) mass is 596 g/mol. The van der Waals surface area contributed by atoms with Crippen molar-refractivity contribution in [1.82, 2.24) is 0 Å². The Morgan fingerprint density at radius 1 is 0.488 bits per heavy atom. The molecule has 1 atom stereocenters. The van der Waals surface area contributed by atoms with Crippen molar-refractivity contribution in [3.05, 3.63) is 72.9 Å². The Morgan fingerprint density at radius 3 is 1.23 bits per heavy atom. The van der Waals surface area contributed by atoms with Gasteiger partial charge in [-0.1, -0.05) is 112 Å². The van der Waals surface area contributed by atoms with Gasteiger partial charge in [-0.25, -0.2) is 0 Å². The summed E-state index contributed by atoms with van der Waals surface area (Å²) in [5.41, 5.74) is 0. The minimum absolute atomic E-state index is 0.121. The molecule has 0 aromatic heterocycles. The Balaban J connectivity index is 3.64. The van der Waals surface area contributed by atoms with E-state index in [1.807, 2.05) is 0 Å². The Hall–Kier alpha value is -2.62. The lowest BCUT2D eigenvalue weighted by molar-refractivity contribution is -0.158. The molecule has 0 rings (SSSR count). The van der Waals surface area contributed by atoms with E-state index >= 15 is 0 Å². The van der Waals surface area contributed by atoms with Crippen molar-refractivity contribution in [2.24, 2.45) is 0 Å². The Labute approximate surface area is 265 Å². The zero-order valence-corrected chi connectivity index (χ0v) is 28.0. The minimum atomic E-state index is -0.415. The standard InChI is InChI=1S/C39H64O4/c1-4-6-8-10-12-14-16-18-20-22-24-26-28-30-32-34-38(40)42-36-37(3)43-39(41)35-33-31-29-27-25-23-21-19-17-15-13-11-9-7-5-2/h12-15,18-21,24-27,37H,4-11,16-17,22-23,28-36H2,1-3H3/b14-12-,15-13-,20-18-,21-19-,26-24-,27-25-/t37-/m0/s1. The molecule has 43 heavy (non-hydrogen) atoms. The van der Waals surface area contributed by atoms with Gasteiger partial charge in [-0.3, -0.25) is 9.59 Å². The summed E-state index contributed by atoms with van der Waals surface area (Å²) in [4.78, 5) is 24.0. The van der Waals surface area contributed by atoms with E-state index < -0.39 is 6.10 Å². The van der Waals surface area contributed by atoms with Crippen molar-refractivity contribution >= 4 is 11.9 Å². The van der Waals surface area contributed by atoms with Gasteiger partial charge >= 0.3 is 11.9 Å². The molecule has 0 aliphatic rings. The van der Waals surface area contributed by atoms with Crippen LogP contribution in [-0.4, -0.2) is 24.6 Å². The van der Waals surface area contributed by atoms with E-state index in [2.05, 4.69) is 86.8 Å². The summed E-state index contributed by atoms with van der Waals surface area (Å²) >= 11 is 0. The molecule has 0 spiro atoms. The van der Waals surface area contributed by atoms with Gasteiger partial charge in [0.15, 0.2) is 0 Å². The van der Waals surface area contributed by atoms with E-state index in [-0.39, 0.29) is 18.5 Å². The second-order valence-electron chi connectivity index (χ2n) is 11.2. The fourth-order valence-electron chi connectivity index (χ4n) is 4.24. The third kappa shape index (κ3) is 33.7. The van der Waals surface area contributed by atoms with E-state index in [9.17, 15) is 9.59 Å². The minimum Gasteiger partial charge on any atom is -0.462 e. The summed E-state index contributed by atoms with van der Waals surface area (Å²) in [5.74, 6) is -0.447. The maximum absolute atomic E-state index is 12.1. The van der Waals surface area contributed by atoms with E-state index in [1.54, 1.807) is 6.92 Å². The fourth-order valence-corrected chi connectivity index (χ4v) is 4.24. The van der Waals surface area contributed by atoms with Crippen LogP contribution >= 0.6 is 0 Å². The van der Waals surface area contributed by atoms with Gasteiger partial charge in [-0.2, -0.15) is 0 Å². The van der Waals surface area contributed by atoms with Crippen LogP contribution < -0.4 is 0 Å². The van der Waals surface area contributed by atoms with Crippen molar-refractivity contribution < 1.29 is 19.1 Å². The molecule has 0 radical (unpaired) electrons. The van der Waals surface area contributed by atoms with E-state index in [1.165, 1.54) is 51.4 Å². The molecule has 0 aliphatic heterocycles. The lowest BCUT2D eigenvalue weighted by Gasteiger charge is -2.13. The van der Waals surface area contributed by atoms with Gasteiger partial charge < -0.3 is 9.47 Å². The van der Waals surface area contributed by atoms with Crippen LogP contribution in [0.1, 0.15) is 149 Å². The average molecular weight is 597 g/mol. The number of allylic oxidation sites excluding steroid dienone is 12. The van der Waals surface area contributed by atoms with Crippen LogP contribution in [0, 0.1) is 0 Å². The van der Waals surface area contributed by atoms with Gasteiger partial charge in [0.25, 0.3) is 0 Å². The first-order valence-electron chi connectivity index (χ1n) is 17.3. The highest BCUT2D eigenvalue weighted by molar-refractivity contribution is 5.70. The highest BCUT2D eigenvalue weighted by Crippen LogP contribution is 2.07. The quantitative estimate of drug-likeness (QED) is 0.0489. The number of esters is 2. The second kappa shape index (κ2) is 33.9. The van der Waals surface area contributed by atoms with Crippen molar-refractivity contribution in [3.8, 4) is 0 Å². The van der Waals surface area contributed by atoms with Crippen molar-refractivity contribution in [2.45, 2.75) is 155 Å². The van der Waals surface area contributed by atoms with Gasteiger partial charge in [0.2, 0.25) is 0 Å². The first kappa shape index (κ1) is 40.4. The van der Waals surface area contributed by atoms with E-state index in [4.69, 9.17) is 9.47 Å². The summed E-state index contributed by atoms with van der Waals surface area (Å²) in [6, 6.07) is 0. The van der Waals surface area contributed by atoms with Gasteiger partial charge in [-0.15, -0.1) is 0 Å². The first-order valence-corrected chi connectivity index (χ1v) is 17.3. The predicted octanol–water partition coefficient (Wildman–Crippen LogP) is 11.6. The van der Waals surface area contributed by atoms with Crippen molar-refractivity contribution in [2.75, 3.05) is 6.61 Å². The molecule has 0 fully saturated rings. The normalized spacial score (nSPS) is 13.1. The molecule has 0 aromatic rings. The summed E-state index contributed by atoms with van der Waals surface area (Å²) in [5, 5.41) is 0. The zero-order valence-electron chi connectivity index (χ0n) is 28.0. The van der Waals surface area contributed by atoms with Crippen LogP contribution in [0.2, 0.25) is 0 Å². The summed E-state index contributed by atoms with van der Waals surface area (Å²) in [7, 11) is 0. The number of carbonyl (C=O) groups is 2. The van der Waals surface area contributed by atoms with Gasteiger partial charge in [0.05, 0.1) is 0 Å². The number of carbonyl (C=O) groups excluding carboxylic acids is 2. The zero-order chi connectivity index (χ0) is 31.5. The van der Waals surface area contributed by atoms with Crippen LogP contribution in [0.25, 0.3) is 0 Å². The molecule has 244 valence electrons. The Bertz CT molecular complexity index is 815. The third-order valence-electron chi connectivity index (χ3n) is 6.85. The number of hydrogen-bond acceptors (Lipinski definition) is 4. The van der Waals surface area contributed by atoms with Gasteiger partial charge in [-0.05, 0) is 96.8 Å². The van der Waals surface area contributed by atoms with Crippen LogP contribution in [0.5, 0.6) is 0 Å². The molecular formula is C39H64O4. The van der Waals surface area contributed by atoms with Crippen molar-refractivity contribution in [3.63, 3.8) is 0 Å². The molecule has 0 bridgehead atoms. The fraction of sp³-hybridized carbons (Fsp3) is 0.641. The SMILES string of the molecule is CCCCC/C=C\C/C=C\C/C=C\CCCCC(=O)OC[C@H](C)OC(=O)CCCC/C=C\C/C=C\C/C=C\CCCCC. The molecule has 0 N–H and O–H groups in total. The smallest absolute Gasteiger partial charge is 0.306 e. The van der Waals surface area contributed by atoms with Crippen LogP contribution in [0.3, 0.4) is 0 Å². The Kier molecular flexibility index (Phi) is 31.8. The second-order valence-corrected chi connectivity index (χ2v) is 11.2. The third-order valence-corrected chi connectivity index (χ3v) is 6.85. The number of hydrogen-bond donors (Lipinski definition) is 0. The molecule has 4 nitrogen and oxygen atoms in total. The van der Waals surface area contributed by atoms with Crippen LogP contribution in [-0.2, 0) is 19.1 Å². The molecule has 0 aromatic carbocycles. The lowest BCUT2D eigenvalue weighted by Crippen LogP contribution is -2.22. The first-order chi connectivity index (χ1) is 21.1. The maximum Gasteiger partial charge on any atom is 0.306 e. The molecule has 0 amide bonds. The molecule has 0 saturated heterocycles. The Morgan fingerprint density at radius 2 is 0.837 bits per heavy atom. The van der Waals surface area contributed by atoms with Crippen LogP contribution in [0.4, 0.5) is 0 Å². The molecule has 0 aliphatic carbocycles. The molecule has 0 unspecified atom stereocenters. The van der Waals surface area contributed by atoms with Gasteiger partial charge in [0.1, 0.15) is 12.7 Å². The lowest BCUT2D eigenvalue weighted by atomic mass is 10.1. The average Bonchev–Trinajstić information content (AvgIpc) is 3.00. The molecule has 0 heterocycles. The summed E-state index contributed by atoms with van der Waals surface area (Å²) < 4.78 is 10.7.